The van der Waals surface area contributed by atoms with E-state index in [1.165, 1.54) is 6.92 Å². The van der Waals surface area contributed by atoms with Crippen molar-refractivity contribution in [3.63, 3.8) is 0 Å². The van der Waals surface area contributed by atoms with Gasteiger partial charge in [-0.1, -0.05) is 0 Å². The Morgan fingerprint density at radius 1 is 1.78 bits per heavy atom. The minimum atomic E-state index is -0.128. The lowest BCUT2D eigenvalue weighted by molar-refractivity contribution is -0.118. The Hall–Kier alpha value is -0.410. The average Bonchev–Trinajstić information content (AvgIpc) is 1.82. The Balaban J connectivity index is 3.27. The Kier molecular flexibility index (Phi) is 4.26. The van der Waals surface area contributed by atoms with E-state index in [4.69, 9.17) is 5.11 Å². The van der Waals surface area contributed by atoms with Crippen LogP contribution in [0.1, 0.15) is 13.8 Å². The number of aliphatic hydroxyl groups excluding tert-OH is 1. The molecule has 0 spiro atoms. The van der Waals surface area contributed by atoms with Crippen LogP contribution < -0.4 is 5.32 Å². The molecule has 9 heavy (non-hydrogen) atoms. The minimum Gasteiger partial charge on any atom is -0.395 e. The number of carbonyl (C=O) groups excluding carboxylic acids is 1. The van der Waals surface area contributed by atoms with Gasteiger partial charge in [-0.25, -0.2) is 0 Å². The molecule has 1 atom stereocenters. The first kappa shape index (κ1) is 8.59. The first-order chi connectivity index (χ1) is 4.18. The van der Waals surface area contributed by atoms with Gasteiger partial charge in [0.1, 0.15) is 5.78 Å². The second kappa shape index (κ2) is 4.47. The van der Waals surface area contributed by atoms with Crippen LogP contribution in [0.2, 0.25) is 0 Å². The molecule has 0 heterocycles. The van der Waals surface area contributed by atoms with Gasteiger partial charge in [0.25, 0.3) is 0 Å². The topological polar surface area (TPSA) is 49.3 Å². The van der Waals surface area contributed by atoms with E-state index >= 15 is 0 Å². The van der Waals surface area contributed by atoms with Crippen LogP contribution in [0.3, 0.4) is 0 Å². The fraction of sp³-hybridized carbons (Fsp3) is 0.833. The Morgan fingerprint density at radius 3 is 2.67 bits per heavy atom. The monoisotopic (exact) mass is 131 g/mol. The molecule has 3 nitrogen and oxygen atoms in total. The predicted octanol–water partition coefficient (Wildman–Crippen LogP) is -0.454. The van der Waals surface area contributed by atoms with Crippen LogP contribution in [0, 0.1) is 0 Å². The average molecular weight is 131 g/mol. The van der Waals surface area contributed by atoms with E-state index in [0.717, 1.165) is 0 Å². The summed E-state index contributed by atoms with van der Waals surface area (Å²) in [6, 6.07) is -0.128. The molecule has 0 fully saturated rings. The molecule has 3 heteroatoms. The van der Waals surface area contributed by atoms with Crippen LogP contribution >= 0.6 is 0 Å². The molecule has 54 valence electrons. The Morgan fingerprint density at radius 2 is 2.33 bits per heavy atom. The third-order valence-electron chi connectivity index (χ3n) is 1.17. The highest BCUT2D eigenvalue weighted by Crippen LogP contribution is 1.80. The molecule has 0 radical (unpaired) electrons. The van der Waals surface area contributed by atoms with Crippen LogP contribution in [0.5, 0.6) is 0 Å². The van der Waals surface area contributed by atoms with Crippen molar-refractivity contribution >= 4 is 5.78 Å². The lowest BCUT2D eigenvalue weighted by Crippen LogP contribution is -2.34. The van der Waals surface area contributed by atoms with Gasteiger partial charge in [0.15, 0.2) is 0 Å². The minimum absolute atomic E-state index is 0.0810. The van der Waals surface area contributed by atoms with Gasteiger partial charge in [-0.05, 0) is 13.8 Å². The van der Waals surface area contributed by atoms with E-state index in [1.807, 2.05) is 0 Å². The van der Waals surface area contributed by atoms with Crippen molar-refractivity contribution in [3.8, 4) is 0 Å². The van der Waals surface area contributed by atoms with Crippen molar-refractivity contribution in [3.05, 3.63) is 0 Å². The van der Waals surface area contributed by atoms with Gasteiger partial charge in [-0.15, -0.1) is 0 Å². The normalized spacial score (nSPS) is 13.2. The van der Waals surface area contributed by atoms with Gasteiger partial charge in [0.05, 0.1) is 12.6 Å². The second-order valence-corrected chi connectivity index (χ2v) is 2.01. The van der Waals surface area contributed by atoms with Crippen LogP contribution in [0.25, 0.3) is 0 Å². The molecule has 0 saturated heterocycles. The lowest BCUT2D eigenvalue weighted by atomic mass is 10.2. The number of rotatable bonds is 4. The standard InChI is InChI=1S/C6H13NO2/c1-5(6(2)9)7-3-4-8/h5,7-8H,3-4H2,1-2H3. The van der Waals surface area contributed by atoms with E-state index in [-0.39, 0.29) is 18.4 Å². The fourth-order valence-electron chi connectivity index (χ4n) is 0.425. The number of ketones is 1. The summed E-state index contributed by atoms with van der Waals surface area (Å²) in [4.78, 5) is 10.5. The maximum Gasteiger partial charge on any atom is 0.146 e. The lowest BCUT2D eigenvalue weighted by Gasteiger charge is -2.07. The zero-order valence-corrected chi connectivity index (χ0v) is 5.85. The number of Topliss-reactive ketones (excluding diaryl/α,β-unsaturated/α-hetero) is 1. The molecular formula is C6H13NO2. The van der Waals surface area contributed by atoms with Gasteiger partial charge in [0, 0.05) is 6.54 Å². The number of nitrogens with one attached hydrogen (secondary N) is 1. The highest BCUT2D eigenvalue weighted by molar-refractivity contribution is 5.80. The van der Waals surface area contributed by atoms with Crippen molar-refractivity contribution in [1.82, 2.24) is 5.32 Å². The molecule has 1 unspecified atom stereocenters. The van der Waals surface area contributed by atoms with Crippen molar-refractivity contribution in [2.24, 2.45) is 0 Å². The van der Waals surface area contributed by atoms with Crippen molar-refractivity contribution in [2.75, 3.05) is 13.2 Å². The summed E-state index contributed by atoms with van der Waals surface area (Å²) in [6.07, 6.45) is 0. The molecule has 0 aliphatic heterocycles. The molecule has 0 aromatic heterocycles. The van der Waals surface area contributed by atoms with Gasteiger partial charge in [0.2, 0.25) is 0 Å². The van der Waals surface area contributed by atoms with Gasteiger partial charge in [-0.3, -0.25) is 4.79 Å². The second-order valence-electron chi connectivity index (χ2n) is 2.01. The van der Waals surface area contributed by atoms with Crippen molar-refractivity contribution in [1.29, 1.82) is 0 Å². The molecule has 0 bridgehead atoms. The highest BCUT2D eigenvalue weighted by Gasteiger charge is 2.03. The number of aliphatic hydroxyl groups is 1. The summed E-state index contributed by atoms with van der Waals surface area (Å²) in [5.41, 5.74) is 0. The summed E-state index contributed by atoms with van der Waals surface area (Å²) in [5.74, 6) is 0.100. The molecule has 0 amide bonds. The molecule has 2 N–H and O–H groups in total. The van der Waals surface area contributed by atoms with Crippen molar-refractivity contribution < 1.29 is 9.90 Å². The van der Waals surface area contributed by atoms with Crippen LogP contribution in [0.15, 0.2) is 0 Å². The maximum atomic E-state index is 10.5. The van der Waals surface area contributed by atoms with E-state index in [9.17, 15) is 4.79 Å². The van der Waals surface area contributed by atoms with Crippen LogP contribution in [0.4, 0.5) is 0 Å². The summed E-state index contributed by atoms with van der Waals surface area (Å²) >= 11 is 0. The van der Waals surface area contributed by atoms with Crippen LogP contribution in [-0.2, 0) is 4.79 Å². The van der Waals surface area contributed by atoms with Gasteiger partial charge < -0.3 is 10.4 Å². The third-order valence-corrected chi connectivity index (χ3v) is 1.17. The number of hydrogen-bond donors (Lipinski definition) is 2. The highest BCUT2D eigenvalue weighted by atomic mass is 16.3. The Bertz CT molecular complexity index is 93.1. The first-order valence-electron chi connectivity index (χ1n) is 3.03. The molecule has 0 saturated carbocycles. The SMILES string of the molecule is CC(=O)C(C)NCCO. The third kappa shape index (κ3) is 4.12. The smallest absolute Gasteiger partial charge is 0.146 e. The number of carbonyl (C=O) groups is 1. The summed E-state index contributed by atoms with van der Waals surface area (Å²) in [6.45, 7) is 3.87. The van der Waals surface area contributed by atoms with E-state index in [2.05, 4.69) is 5.32 Å². The van der Waals surface area contributed by atoms with E-state index in [0.29, 0.717) is 6.54 Å². The number of hydrogen-bond acceptors (Lipinski definition) is 3. The van der Waals surface area contributed by atoms with Gasteiger partial charge >= 0.3 is 0 Å². The van der Waals surface area contributed by atoms with E-state index in [1.54, 1.807) is 6.92 Å². The zero-order chi connectivity index (χ0) is 7.28. The summed E-state index contributed by atoms with van der Waals surface area (Å²) in [5, 5.41) is 11.2. The first-order valence-corrected chi connectivity index (χ1v) is 3.03. The molecule has 0 aromatic rings. The predicted molar refractivity (Wildman–Crippen MR) is 35.2 cm³/mol. The molecular weight excluding hydrogens is 118 g/mol. The molecule has 0 aromatic carbocycles. The molecule has 0 rings (SSSR count). The van der Waals surface area contributed by atoms with Gasteiger partial charge in [-0.2, -0.15) is 0 Å². The summed E-state index contributed by atoms with van der Waals surface area (Å²) in [7, 11) is 0. The van der Waals surface area contributed by atoms with Crippen LogP contribution in [-0.4, -0.2) is 30.1 Å². The zero-order valence-electron chi connectivity index (χ0n) is 5.85. The largest absolute Gasteiger partial charge is 0.395 e. The molecule has 0 aliphatic rings. The Labute approximate surface area is 55.1 Å². The van der Waals surface area contributed by atoms with Crippen molar-refractivity contribution in [2.45, 2.75) is 19.9 Å². The summed E-state index contributed by atoms with van der Waals surface area (Å²) < 4.78 is 0. The quantitative estimate of drug-likeness (QED) is 0.543. The fourth-order valence-corrected chi connectivity index (χ4v) is 0.425. The van der Waals surface area contributed by atoms with E-state index < -0.39 is 0 Å². The maximum absolute atomic E-state index is 10.5. The molecule has 0 aliphatic carbocycles.